The SMILES string of the molecule is CCCCOC1c2cc(O)ccc2C(=O)N(CC(C)C)C1CNC(=O)O. The summed E-state index contributed by atoms with van der Waals surface area (Å²) in [5, 5.41) is 21.3. The molecular formula is C19H28N2O5. The zero-order valence-electron chi connectivity index (χ0n) is 15.6. The van der Waals surface area contributed by atoms with E-state index >= 15 is 0 Å². The Morgan fingerprint density at radius 2 is 2.12 bits per heavy atom. The number of carboxylic acid groups (broad SMARTS) is 1. The number of phenolic OH excluding ortho intramolecular Hbond substituents is 1. The Hall–Kier alpha value is -2.28. The van der Waals surface area contributed by atoms with Crippen molar-refractivity contribution in [3.8, 4) is 5.75 Å². The molecule has 1 aromatic rings. The number of fused-ring (bicyclic) bond motifs is 1. The number of amides is 2. The monoisotopic (exact) mass is 364 g/mol. The molecule has 2 atom stereocenters. The van der Waals surface area contributed by atoms with Crippen molar-refractivity contribution in [3.63, 3.8) is 0 Å². The standard InChI is InChI=1S/C19H28N2O5/c1-4-5-8-26-17-15-9-13(22)6-7-14(15)18(23)21(11-12(2)3)16(17)10-20-19(24)25/h6-7,9,12,16-17,20,22H,4-5,8,10-11H2,1-3H3,(H,24,25). The van der Waals surface area contributed by atoms with E-state index in [0.29, 0.717) is 24.3 Å². The minimum atomic E-state index is -1.14. The van der Waals surface area contributed by atoms with Gasteiger partial charge in [-0.05, 0) is 36.1 Å². The van der Waals surface area contributed by atoms with E-state index in [4.69, 9.17) is 9.84 Å². The molecule has 0 aromatic heterocycles. The number of nitrogens with zero attached hydrogens (tertiary/aromatic N) is 1. The molecule has 3 N–H and O–H groups in total. The Bertz CT molecular complexity index is 647. The number of unbranched alkanes of at least 4 members (excludes halogenated alkanes) is 1. The predicted octanol–water partition coefficient (Wildman–Crippen LogP) is 3.00. The van der Waals surface area contributed by atoms with Crippen LogP contribution in [0.15, 0.2) is 18.2 Å². The maximum absolute atomic E-state index is 13.0. The molecule has 1 heterocycles. The van der Waals surface area contributed by atoms with E-state index in [0.717, 1.165) is 12.8 Å². The smallest absolute Gasteiger partial charge is 0.404 e. The van der Waals surface area contributed by atoms with Gasteiger partial charge in [0.1, 0.15) is 11.9 Å². The normalized spacial score (nSPS) is 19.5. The minimum Gasteiger partial charge on any atom is -0.508 e. The number of ether oxygens (including phenoxy) is 1. The zero-order chi connectivity index (χ0) is 19.3. The first-order valence-corrected chi connectivity index (χ1v) is 9.07. The second-order valence-corrected chi connectivity index (χ2v) is 7.02. The molecule has 1 aliphatic rings. The van der Waals surface area contributed by atoms with Gasteiger partial charge in [-0.1, -0.05) is 27.2 Å². The molecule has 0 aliphatic carbocycles. The highest BCUT2D eigenvalue weighted by Gasteiger charge is 2.40. The van der Waals surface area contributed by atoms with Crippen molar-refractivity contribution in [1.29, 1.82) is 0 Å². The van der Waals surface area contributed by atoms with Gasteiger partial charge in [0.15, 0.2) is 0 Å². The number of carbonyl (C=O) groups is 2. The third-order valence-electron chi connectivity index (χ3n) is 4.40. The van der Waals surface area contributed by atoms with Crippen molar-refractivity contribution in [2.24, 2.45) is 5.92 Å². The Balaban J connectivity index is 2.43. The molecule has 2 amide bonds. The second kappa shape index (κ2) is 8.89. The van der Waals surface area contributed by atoms with Crippen molar-refractivity contribution >= 4 is 12.0 Å². The van der Waals surface area contributed by atoms with E-state index in [1.165, 1.54) is 6.07 Å². The van der Waals surface area contributed by atoms with Crippen LogP contribution in [0, 0.1) is 5.92 Å². The molecule has 2 unspecified atom stereocenters. The summed E-state index contributed by atoms with van der Waals surface area (Å²) in [7, 11) is 0. The molecule has 0 saturated carbocycles. The predicted molar refractivity (Wildman–Crippen MR) is 97.4 cm³/mol. The van der Waals surface area contributed by atoms with Crippen molar-refractivity contribution in [2.45, 2.75) is 45.8 Å². The average Bonchev–Trinajstić information content (AvgIpc) is 2.57. The van der Waals surface area contributed by atoms with Gasteiger partial charge in [0, 0.05) is 25.3 Å². The summed E-state index contributed by atoms with van der Waals surface area (Å²) in [4.78, 5) is 25.7. The highest BCUT2D eigenvalue weighted by atomic mass is 16.5. The van der Waals surface area contributed by atoms with Crippen LogP contribution in [-0.2, 0) is 4.74 Å². The van der Waals surface area contributed by atoms with Gasteiger partial charge in [0.25, 0.3) is 5.91 Å². The van der Waals surface area contributed by atoms with Crippen molar-refractivity contribution in [2.75, 3.05) is 19.7 Å². The van der Waals surface area contributed by atoms with E-state index < -0.39 is 18.2 Å². The van der Waals surface area contributed by atoms with E-state index in [2.05, 4.69) is 12.2 Å². The molecule has 2 rings (SSSR count). The number of aromatic hydroxyl groups is 1. The van der Waals surface area contributed by atoms with Crippen LogP contribution in [0.1, 0.15) is 55.6 Å². The molecule has 1 aliphatic heterocycles. The lowest BCUT2D eigenvalue weighted by atomic mass is 9.89. The van der Waals surface area contributed by atoms with Crippen LogP contribution in [0.3, 0.4) is 0 Å². The Kier molecular flexibility index (Phi) is 6.85. The summed E-state index contributed by atoms with van der Waals surface area (Å²) >= 11 is 0. The summed E-state index contributed by atoms with van der Waals surface area (Å²) in [6.45, 7) is 7.15. The van der Waals surface area contributed by atoms with Crippen LogP contribution in [0.25, 0.3) is 0 Å². The van der Waals surface area contributed by atoms with Gasteiger partial charge < -0.3 is 25.2 Å². The number of hydrogen-bond donors (Lipinski definition) is 3. The summed E-state index contributed by atoms with van der Waals surface area (Å²) in [5.41, 5.74) is 1.11. The fourth-order valence-corrected chi connectivity index (χ4v) is 3.23. The van der Waals surface area contributed by atoms with Gasteiger partial charge in [-0.3, -0.25) is 4.79 Å². The summed E-state index contributed by atoms with van der Waals surface area (Å²) in [6.07, 6.45) is 0.191. The van der Waals surface area contributed by atoms with Crippen molar-refractivity contribution < 1.29 is 24.5 Å². The molecule has 144 valence electrons. The highest BCUT2D eigenvalue weighted by Crippen LogP contribution is 2.36. The second-order valence-electron chi connectivity index (χ2n) is 7.02. The van der Waals surface area contributed by atoms with Gasteiger partial charge in [0.2, 0.25) is 0 Å². The average molecular weight is 364 g/mol. The van der Waals surface area contributed by atoms with Crippen LogP contribution in [-0.4, -0.2) is 52.9 Å². The molecule has 7 nitrogen and oxygen atoms in total. The minimum absolute atomic E-state index is 0.0582. The van der Waals surface area contributed by atoms with Crippen LogP contribution in [0.2, 0.25) is 0 Å². The zero-order valence-corrected chi connectivity index (χ0v) is 15.6. The molecule has 0 fully saturated rings. The largest absolute Gasteiger partial charge is 0.508 e. The van der Waals surface area contributed by atoms with E-state index in [9.17, 15) is 14.7 Å². The van der Waals surface area contributed by atoms with Crippen LogP contribution in [0.5, 0.6) is 5.75 Å². The summed E-state index contributed by atoms with van der Waals surface area (Å²) in [6, 6.07) is 4.18. The number of carbonyl (C=O) groups excluding carboxylic acids is 1. The molecule has 1 aromatic carbocycles. The first-order valence-electron chi connectivity index (χ1n) is 9.07. The molecule has 0 radical (unpaired) electrons. The summed E-state index contributed by atoms with van der Waals surface area (Å²) in [5.74, 6) is 0.116. The molecule has 26 heavy (non-hydrogen) atoms. The maximum Gasteiger partial charge on any atom is 0.404 e. The molecular weight excluding hydrogens is 336 g/mol. The number of nitrogens with one attached hydrogen (secondary N) is 1. The summed E-state index contributed by atoms with van der Waals surface area (Å²) < 4.78 is 6.07. The lowest BCUT2D eigenvalue weighted by Crippen LogP contribution is -2.54. The lowest BCUT2D eigenvalue weighted by molar-refractivity contribution is -0.0229. The number of rotatable bonds is 8. The molecule has 0 saturated heterocycles. The van der Waals surface area contributed by atoms with E-state index in [1.54, 1.807) is 17.0 Å². The van der Waals surface area contributed by atoms with Crippen LogP contribution < -0.4 is 5.32 Å². The number of benzene rings is 1. The fraction of sp³-hybridized carbons (Fsp3) is 0.579. The third-order valence-corrected chi connectivity index (χ3v) is 4.40. The van der Waals surface area contributed by atoms with Crippen LogP contribution in [0.4, 0.5) is 4.79 Å². The molecule has 7 heteroatoms. The lowest BCUT2D eigenvalue weighted by Gasteiger charge is -2.42. The van der Waals surface area contributed by atoms with Gasteiger partial charge >= 0.3 is 6.09 Å². The van der Waals surface area contributed by atoms with Gasteiger partial charge in [-0.15, -0.1) is 0 Å². The highest BCUT2D eigenvalue weighted by molar-refractivity contribution is 5.97. The van der Waals surface area contributed by atoms with Gasteiger partial charge in [-0.25, -0.2) is 4.79 Å². The van der Waals surface area contributed by atoms with Crippen molar-refractivity contribution in [1.82, 2.24) is 10.2 Å². The van der Waals surface area contributed by atoms with Crippen LogP contribution >= 0.6 is 0 Å². The van der Waals surface area contributed by atoms with Gasteiger partial charge in [0.05, 0.1) is 6.04 Å². The molecule has 0 bridgehead atoms. The first kappa shape index (κ1) is 20.0. The Morgan fingerprint density at radius 1 is 1.38 bits per heavy atom. The fourth-order valence-electron chi connectivity index (χ4n) is 3.23. The number of phenols is 1. The van der Waals surface area contributed by atoms with Gasteiger partial charge in [-0.2, -0.15) is 0 Å². The number of hydrogen-bond acceptors (Lipinski definition) is 4. The molecule has 0 spiro atoms. The Labute approximate surface area is 154 Å². The van der Waals surface area contributed by atoms with E-state index in [1.807, 2.05) is 13.8 Å². The quantitative estimate of drug-likeness (QED) is 0.616. The third kappa shape index (κ3) is 4.66. The topological polar surface area (TPSA) is 99.1 Å². The van der Waals surface area contributed by atoms with E-state index in [-0.39, 0.29) is 24.1 Å². The van der Waals surface area contributed by atoms with Crippen molar-refractivity contribution in [3.05, 3.63) is 29.3 Å². The first-order chi connectivity index (χ1) is 12.3. The maximum atomic E-state index is 13.0. The Morgan fingerprint density at radius 3 is 2.73 bits per heavy atom.